The highest BCUT2D eigenvalue weighted by atomic mass is 32.1. The number of rotatable bonds is 6. The first-order valence-corrected chi connectivity index (χ1v) is 11.1. The van der Waals surface area contributed by atoms with E-state index in [0.29, 0.717) is 42.2 Å². The van der Waals surface area contributed by atoms with E-state index in [2.05, 4.69) is 11.0 Å². The van der Waals surface area contributed by atoms with Crippen LogP contribution in [0.25, 0.3) is 21.7 Å². The van der Waals surface area contributed by atoms with Gasteiger partial charge in [-0.05, 0) is 13.3 Å². The summed E-state index contributed by atoms with van der Waals surface area (Å²) in [5.41, 5.74) is 1.88. The number of fused-ring (bicyclic) bond motifs is 1. The van der Waals surface area contributed by atoms with Crippen molar-refractivity contribution in [2.75, 3.05) is 44.9 Å². The van der Waals surface area contributed by atoms with Gasteiger partial charge in [0.2, 0.25) is 0 Å². The van der Waals surface area contributed by atoms with Gasteiger partial charge in [-0.3, -0.25) is 9.36 Å². The van der Waals surface area contributed by atoms with Crippen molar-refractivity contribution in [2.45, 2.75) is 26.3 Å². The molecule has 3 aromatic heterocycles. The predicted molar refractivity (Wildman–Crippen MR) is 120 cm³/mol. The van der Waals surface area contributed by atoms with Gasteiger partial charge in [-0.15, -0.1) is 0 Å². The van der Waals surface area contributed by atoms with Crippen LogP contribution in [0.15, 0.2) is 11.0 Å². The maximum Gasteiger partial charge on any atom is 0.278 e. The molecule has 4 rings (SSSR count). The summed E-state index contributed by atoms with van der Waals surface area (Å²) in [7, 11) is 3.35. The predicted octanol–water partition coefficient (Wildman–Crippen LogP) is 2.47. The fraction of sp³-hybridized carbons (Fsp3) is 0.524. The molecule has 0 aliphatic carbocycles. The topological polar surface area (TPSA) is 98.2 Å². The van der Waals surface area contributed by atoms with Crippen LogP contribution in [0.3, 0.4) is 0 Å². The van der Waals surface area contributed by atoms with Gasteiger partial charge in [0.25, 0.3) is 5.56 Å². The zero-order chi connectivity index (χ0) is 22.1. The molecule has 1 atom stereocenters. The Labute approximate surface area is 184 Å². The molecule has 1 fully saturated rings. The summed E-state index contributed by atoms with van der Waals surface area (Å²) in [6, 6.07) is 2.15. The fourth-order valence-electron chi connectivity index (χ4n) is 3.92. The lowest BCUT2D eigenvalue weighted by Gasteiger charge is -2.26. The quantitative estimate of drug-likeness (QED) is 0.578. The molecule has 1 unspecified atom stereocenters. The van der Waals surface area contributed by atoms with Gasteiger partial charge in [-0.25, -0.2) is 9.97 Å². The lowest BCUT2D eigenvalue weighted by molar-refractivity contribution is 0.122. The Hall–Kier alpha value is -2.74. The average molecular weight is 443 g/mol. The van der Waals surface area contributed by atoms with E-state index in [1.54, 1.807) is 24.9 Å². The van der Waals surface area contributed by atoms with Gasteiger partial charge in [0.1, 0.15) is 17.1 Å². The zero-order valence-electron chi connectivity index (χ0n) is 18.2. The minimum atomic E-state index is -0.184. The number of anilines is 1. The molecular formula is C21H26N6O3S. The highest BCUT2D eigenvalue weighted by Gasteiger charge is 2.24. The van der Waals surface area contributed by atoms with Crippen LogP contribution < -0.4 is 10.5 Å². The van der Waals surface area contributed by atoms with E-state index >= 15 is 0 Å². The van der Waals surface area contributed by atoms with Gasteiger partial charge in [0.15, 0.2) is 11.0 Å². The molecule has 0 N–H and O–H groups in total. The van der Waals surface area contributed by atoms with Crippen molar-refractivity contribution in [1.82, 2.24) is 19.1 Å². The Morgan fingerprint density at radius 3 is 2.74 bits per heavy atom. The molecule has 0 saturated carbocycles. The lowest BCUT2D eigenvalue weighted by Crippen LogP contribution is -2.36. The smallest absolute Gasteiger partial charge is 0.278 e. The number of aryl methyl sites for hydroxylation is 1. The number of morpholine rings is 1. The van der Waals surface area contributed by atoms with Gasteiger partial charge in [-0.2, -0.15) is 5.26 Å². The molecule has 1 aliphatic rings. The molecule has 0 aromatic carbocycles. The van der Waals surface area contributed by atoms with E-state index < -0.39 is 0 Å². The number of aromatic nitrogens is 4. The summed E-state index contributed by atoms with van der Waals surface area (Å²) in [5, 5.41) is 10.6. The Kier molecular flexibility index (Phi) is 6.09. The van der Waals surface area contributed by atoms with Gasteiger partial charge in [0.05, 0.1) is 42.0 Å². The van der Waals surface area contributed by atoms with Crippen LogP contribution in [0.5, 0.6) is 0 Å². The first kappa shape index (κ1) is 21.5. The molecule has 10 heteroatoms. The first-order valence-electron chi connectivity index (χ1n) is 10.3. The third-order valence-corrected chi connectivity index (χ3v) is 6.88. The van der Waals surface area contributed by atoms with Crippen molar-refractivity contribution >= 4 is 27.5 Å². The largest absolute Gasteiger partial charge is 0.383 e. The van der Waals surface area contributed by atoms with Crippen molar-refractivity contribution in [2.24, 2.45) is 7.05 Å². The number of hydrogen-bond donors (Lipinski definition) is 0. The Morgan fingerprint density at radius 1 is 1.35 bits per heavy atom. The summed E-state index contributed by atoms with van der Waals surface area (Å²) >= 11 is 1.52. The molecular weight excluding hydrogens is 416 g/mol. The van der Waals surface area contributed by atoms with Crippen LogP contribution in [0, 0.1) is 18.3 Å². The number of nitriles is 1. The Bertz CT molecular complexity index is 1200. The van der Waals surface area contributed by atoms with Gasteiger partial charge in [0, 0.05) is 33.4 Å². The van der Waals surface area contributed by atoms with E-state index in [0.717, 1.165) is 35.2 Å². The number of ether oxygens (including phenoxy) is 2. The van der Waals surface area contributed by atoms with Crippen molar-refractivity contribution < 1.29 is 9.47 Å². The van der Waals surface area contributed by atoms with E-state index in [-0.39, 0.29) is 11.6 Å². The van der Waals surface area contributed by atoms with Gasteiger partial charge in [-0.1, -0.05) is 18.3 Å². The van der Waals surface area contributed by atoms with Crippen molar-refractivity contribution in [3.05, 3.63) is 27.8 Å². The van der Waals surface area contributed by atoms with Crippen LogP contribution in [0.2, 0.25) is 0 Å². The number of nitrogens with zero attached hydrogens (tertiary/aromatic N) is 6. The van der Waals surface area contributed by atoms with E-state index in [1.807, 2.05) is 18.4 Å². The zero-order valence-corrected chi connectivity index (χ0v) is 19.0. The van der Waals surface area contributed by atoms with Crippen molar-refractivity contribution in [3.63, 3.8) is 0 Å². The number of thiazole rings is 1. The van der Waals surface area contributed by atoms with E-state index in [9.17, 15) is 10.1 Å². The molecule has 164 valence electrons. The Morgan fingerprint density at radius 2 is 2.10 bits per heavy atom. The second kappa shape index (κ2) is 8.78. The molecule has 1 aliphatic heterocycles. The highest BCUT2D eigenvalue weighted by Crippen LogP contribution is 2.34. The van der Waals surface area contributed by atoms with Crippen molar-refractivity contribution in [3.8, 4) is 16.8 Å². The molecule has 4 heterocycles. The molecule has 3 aromatic rings. The number of hydrogen-bond acceptors (Lipinski definition) is 8. The SMILES string of the molecule is CCC(COC)n1cc(C#N)c2nc(-c3sc(N4CCOCC4)nc3C)n(C)c(=O)c21. The van der Waals surface area contributed by atoms with Gasteiger partial charge >= 0.3 is 0 Å². The third kappa shape index (κ3) is 3.73. The van der Waals surface area contributed by atoms with Crippen LogP contribution >= 0.6 is 11.3 Å². The summed E-state index contributed by atoms with van der Waals surface area (Å²) in [6.45, 7) is 7.34. The normalized spacial score (nSPS) is 15.4. The molecule has 0 spiro atoms. The van der Waals surface area contributed by atoms with Crippen molar-refractivity contribution in [1.29, 1.82) is 5.26 Å². The van der Waals surface area contributed by atoms with Gasteiger partial charge < -0.3 is 18.9 Å². The lowest BCUT2D eigenvalue weighted by atomic mass is 10.2. The highest BCUT2D eigenvalue weighted by molar-refractivity contribution is 7.19. The molecule has 1 saturated heterocycles. The van der Waals surface area contributed by atoms with E-state index in [4.69, 9.17) is 19.4 Å². The maximum atomic E-state index is 13.4. The van der Waals surface area contributed by atoms with Crippen LogP contribution in [-0.2, 0) is 16.5 Å². The molecule has 9 nitrogen and oxygen atoms in total. The van der Waals surface area contributed by atoms with Crippen LogP contribution in [0.4, 0.5) is 5.13 Å². The second-order valence-electron chi connectivity index (χ2n) is 7.59. The summed E-state index contributed by atoms with van der Waals surface area (Å²) in [4.78, 5) is 26.0. The minimum Gasteiger partial charge on any atom is -0.383 e. The monoisotopic (exact) mass is 442 g/mol. The maximum absolute atomic E-state index is 13.4. The summed E-state index contributed by atoms with van der Waals surface area (Å²) < 4.78 is 14.2. The minimum absolute atomic E-state index is 0.0481. The molecule has 0 radical (unpaired) electrons. The molecule has 0 bridgehead atoms. The first-order chi connectivity index (χ1) is 15.0. The number of methoxy groups -OCH3 is 1. The van der Waals surface area contributed by atoms with Crippen LogP contribution in [-0.4, -0.2) is 59.1 Å². The summed E-state index contributed by atoms with van der Waals surface area (Å²) in [5.74, 6) is 0.529. The molecule has 31 heavy (non-hydrogen) atoms. The Balaban J connectivity index is 1.88. The average Bonchev–Trinajstić information content (AvgIpc) is 3.35. The standard InChI is InChI=1S/C21H26N6O3S/c1-5-15(12-29-4)27-11-14(10-22)16-17(27)20(28)25(3)19(24-16)18-13(2)23-21(31-18)26-6-8-30-9-7-26/h11,15H,5-9,12H2,1-4H3. The molecule has 0 amide bonds. The summed E-state index contributed by atoms with van der Waals surface area (Å²) in [6.07, 6.45) is 2.49. The second-order valence-corrected chi connectivity index (χ2v) is 8.56. The van der Waals surface area contributed by atoms with E-state index in [1.165, 1.54) is 11.3 Å². The third-order valence-electron chi connectivity index (χ3n) is 5.66. The van der Waals surface area contributed by atoms with Crippen LogP contribution in [0.1, 0.15) is 30.6 Å². The fourth-order valence-corrected chi connectivity index (χ4v) is 5.06.